The van der Waals surface area contributed by atoms with Crippen molar-refractivity contribution in [3.05, 3.63) is 35.6 Å². The maximum Gasteiger partial charge on any atom is 0.305 e. The fourth-order valence-corrected chi connectivity index (χ4v) is 1.51. The first kappa shape index (κ1) is 13.6. The zero-order chi connectivity index (χ0) is 12.5. The van der Waals surface area contributed by atoms with Crippen LogP contribution in [0.2, 0.25) is 0 Å². The van der Waals surface area contributed by atoms with Crippen molar-refractivity contribution in [3.63, 3.8) is 0 Å². The number of rotatable bonds is 7. The van der Waals surface area contributed by atoms with Crippen LogP contribution in [-0.4, -0.2) is 26.2 Å². The van der Waals surface area contributed by atoms with Crippen LogP contribution in [0.3, 0.4) is 0 Å². The lowest BCUT2D eigenvalue weighted by atomic mass is 10.1. The molecule has 0 amide bonds. The largest absolute Gasteiger partial charge is 0.469 e. The highest BCUT2D eigenvalue weighted by Crippen LogP contribution is 2.03. The monoisotopic (exact) mass is 239 g/mol. The first-order valence-corrected chi connectivity index (χ1v) is 5.74. The van der Waals surface area contributed by atoms with Gasteiger partial charge in [-0.3, -0.25) is 4.79 Å². The third kappa shape index (κ3) is 6.02. The number of hydrogen-bond acceptors (Lipinski definition) is 3. The van der Waals surface area contributed by atoms with E-state index in [0.717, 1.165) is 31.5 Å². The highest BCUT2D eigenvalue weighted by molar-refractivity contribution is 5.69. The van der Waals surface area contributed by atoms with E-state index in [-0.39, 0.29) is 11.8 Å². The van der Waals surface area contributed by atoms with Crippen LogP contribution in [-0.2, 0) is 16.0 Å². The second-order valence-electron chi connectivity index (χ2n) is 3.81. The van der Waals surface area contributed by atoms with Gasteiger partial charge in [-0.15, -0.1) is 0 Å². The topological polar surface area (TPSA) is 38.3 Å². The van der Waals surface area contributed by atoms with Crippen LogP contribution in [0.25, 0.3) is 0 Å². The van der Waals surface area contributed by atoms with Crippen molar-refractivity contribution in [2.75, 3.05) is 20.2 Å². The minimum atomic E-state index is -0.201. The van der Waals surface area contributed by atoms with E-state index in [1.807, 2.05) is 6.07 Å². The van der Waals surface area contributed by atoms with E-state index in [1.165, 1.54) is 19.2 Å². The maximum absolute atomic E-state index is 12.9. The predicted octanol–water partition coefficient (Wildman–Crippen LogP) is 1.91. The summed E-state index contributed by atoms with van der Waals surface area (Å²) >= 11 is 0. The number of ether oxygens (including phenoxy) is 1. The summed E-state index contributed by atoms with van der Waals surface area (Å²) in [6.45, 7) is 1.55. The molecule has 0 bridgehead atoms. The summed E-state index contributed by atoms with van der Waals surface area (Å²) in [5.41, 5.74) is 0.977. The van der Waals surface area contributed by atoms with Crippen LogP contribution >= 0.6 is 0 Å². The Morgan fingerprint density at radius 2 is 2.24 bits per heavy atom. The van der Waals surface area contributed by atoms with Gasteiger partial charge in [-0.25, -0.2) is 4.39 Å². The SMILES string of the molecule is COC(=O)CCCNCCc1cccc(F)c1. The van der Waals surface area contributed by atoms with E-state index in [0.29, 0.717) is 6.42 Å². The highest BCUT2D eigenvalue weighted by Gasteiger charge is 1.99. The molecule has 3 nitrogen and oxygen atoms in total. The number of halogens is 1. The molecule has 0 aromatic heterocycles. The smallest absolute Gasteiger partial charge is 0.305 e. The number of nitrogens with one attached hydrogen (secondary N) is 1. The Kier molecular flexibility index (Phi) is 6.25. The van der Waals surface area contributed by atoms with Gasteiger partial charge in [0.25, 0.3) is 0 Å². The quantitative estimate of drug-likeness (QED) is 0.583. The number of carbonyl (C=O) groups is 1. The van der Waals surface area contributed by atoms with E-state index in [1.54, 1.807) is 6.07 Å². The van der Waals surface area contributed by atoms with Gasteiger partial charge in [0.15, 0.2) is 0 Å². The first-order chi connectivity index (χ1) is 8.22. The molecule has 0 spiro atoms. The van der Waals surface area contributed by atoms with E-state index in [2.05, 4.69) is 10.1 Å². The van der Waals surface area contributed by atoms with Crippen LogP contribution in [0, 0.1) is 5.82 Å². The van der Waals surface area contributed by atoms with Crippen molar-refractivity contribution in [1.82, 2.24) is 5.32 Å². The molecule has 0 atom stereocenters. The third-order valence-electron chi connectivity index (χ3n) is 2.44. The highest BCUT2D eigenvalue weighted by atomic mass is 19.1. The van der Waals surface area contributed by atoms with Gasteiger partial charge < -0.3 is 10.1 Å². The average molecular weight is 239 g/mol. The standard InChI is InChI=1S/C13H18FNO2/c1-17-13(16)6-3-8-15-9-7-11-4-2-5-12(14)10-11/h2,4-5,10,15H,3,6-9H2,1H3. The summed E-state index contributed by atoms with van der Waals surface area (Å²) in [5.74, 6) is -0.384. The van der Waals surface area contributed by atoms with Gasteiger partial charge in [-0.2, -0.15) is 0 Å². The maximum atomic E-state index is 12.9. The fourth-order valence-electron chi connectivity index (χ4n) is 1.51. The Morgan fingerprint density at radius 1 is 1.41 bits per heavy atom. The summed E-state index contributed by atoms with van der Waals surface area (Å²) in [6.07, 6.45) is 1.98. The lowest BCUT2D eigenvalue weighted by molar-refractivity contribution is -0.140. The first-order valence-electron chi connectivity index (χ1n) is 5.74. The minimum Gasteiger partial charge on any atom is -0.469 e. The molecule has 0 saturated heterocycles. The Morgan fingerprint density at radius 3 is 2.94 bits per heavy atom. The zero-order valence-electron chi connectivity index (χ0n) is 10.0. The number of hydrogen-bond donors (Lipinski definition) is 1. The molecule has 17 heavy (non-hydrogen) atoms. The molecule has 0 radical (unpaired) electrons. The van der Waals surface area contributed by atoms with Crippen LogP contribution in [0.1, 0.15) is 18.4 Å². The molecular formula is C13H18FNO2. The van der Waals surface area contributed by atoms with Gasteiger partial charge in [0.05, 0.1) is 7.11 Å². The molecule has 1 aromatic carbocycles. The fraction of sp³-hybridized carbons (Fsp3) is 0.462. The number of benzene rings is 1. The number of esters is 1. The Balaban J connectivity index is 2.06. The molecule has 0 unspecified atom stereocenters. The molecule has 0 aliphatic carbocycles. The molecule has 0 fully saturated rings. The molecule has 4 heteroatoms. The Labute approximate surface area is 101 Å². The minimum absolute atomic E-state index is 0.183. The number of carbonyl (C=O) groups excluding carboxylic acids is 1. The van der Waals surface area contributed by atoms with Gasteiger partial charge in [-0.05, 0) is 43.6 Å². The Hall–Kier alpha value is -1.42. The Bertz CT molecular complexity index is 355. The van der Waals surface area contributed by atoms with Crippen molar-refractivity contribution in [2.24, 2.45) is 0 Å². The van der Waals surface area contributed by atoms with Gasteiger partial charge in [0, 0.05) is 6.42 Å². The van der Waals surface area contributed by atoms with E-state index in [9.17, 15) is 9.18 Å². The van der Waals surface area contributed by atoms with Gasteiger partial charge in [0.2, 0.25) is 0 Å². The summed E-state index contributed by atoms with van der Waals surface area (Å²) < 4.78 is 17.4. The molecule has 1 N–H and O–H groups in total. The van der Waals surface area contributed by atoms with Gasteiger partial charge in [0.1, 0.15) is 5.82 Å². The van der Waals surface area contributed by atoms with Crippen molar-refractivity contribution >= 4 is 5.97 Å². The normalized spacial score (nSPS) is 10.2. The molecule has 0 aliphatic heterocycles. The lowest BCUT2D eigenvalue weighted by Crippen LogP contribution is -2.19. The summed E-state index contributed by atoms with van der Waals surface area (Å²) in [5, 5.41) is 3.20. The molecule has 0 saturated carbocycles. The van der Waals surface area contributed by atoms with Gasteiger partial charge >= 0.3 is 5.97 Å². The summed E-state index contributed by atoms with van der Waals surface area (Å²) in [6, 6.07) is 6.59. The molecule has 94 valence electrons. The van der Waals surface area contributed by atoms with Crippen molar-refractivity contribution in [1.29, 1.82) is 0 Å². The lowest BCUT2D eigenvalue weighted by Gasteiger charge is -2.04. The van der Waals surface area contributed by atoms with Crippen LogP contribution in [0.4, 0.5) is 4.39 Å². The third-order valence-corrected chi connectivity index (χ3v) is 2.44. The van der Waals surface area contributed by atoms with E-state index < -0.39 is 0 Å². The average Bonchev–Trinajstić information content (AvgIpc) is 2.33. The van der Waals surface area contributed by atoms with Crippen molar-refractivity contribution < 1.29 is 13.9 Å². The van der Waals surface area contributed by atoms with Crippen LogP contribution in [0.5, 0.6) is 0 Å². The van der Waals surface area contributed by atoms with Crippen molar-refractivity contribution in [2.45, 2.75) is 19.3 Å². The molecule has 0 heterocycles. The van der Waals surface area contributed by atoms with Crippen molar-refractivity contribution in [3.8, 4) is 0 Å². The summed E-state index contributed by atoms with van der Waals surface area (Å²) in [4.78, 5) is 10.8. The molecule has 1 rings (SSSR count). The van der Waals surface area contributed by atoms with Crippen LogP contribution in [0.15, 0.2) is 24.3 Å². The zero-order valence-corrected chi connectivity index (χ0v) is 10.0. The van der Waals surface area contributed by atoms with E-state index >= 15 is 0 Å². The summed E-state index contributed by atoms with van der Waals surface area (Å²) in [7, 11) is 1.39. The second kappa shape index (κ2) is 7.79. The van der Waals surface area contributed by atoms with Gasteiger partial charge in [-0.1, -0.05) is 12.1 Å². The molecular weight excluding hydrogens is 221 g/mol. The molecule has 1 aromatic rings. The second-order valence-corrected chi connectivity index (χ2v) is 3.81. The van der Waals surface area contributed by atoms with E-state index in [4.69, 9.17) is 0 Å². The molecule has 0 aliphatic rings. The number of methoxy groups -OCH3 is 1. The van der Waals surface area contributed by atoms with Crippen LogP contribution < -0.4 is 5.32 Å². The predicted molar refractivity (Wildman–Crippen MR) is 64.2 cm³/mol.